The molecule has 2 rings (SSSR count). The van der Waals surface area contributed by atoms with Crippen molar-refractivity contribution in [2.45, 2.75) is 0 Å². The van der Waals surface area contributed by atoms with Gasteiger partial charge in [-0.25, -0.2) is 9.78 Å². The molecule has 1 amide bonds. The molecule has 0 atom stereocenters. The third-order valence-corrected chi connectivity index (χ3v) is 2.83. The van der Waals surface area contributed by atoms with Crippen molar-refractivity contribution in [1.82, 2.24) is 4.98 Å². The summed E-state index contributed by atoms with van der Waals surface area (Å²) in [6.45, 7) is 0.519. The third-order valence-electron chi connectivity index (χ3n) is 1.77. The Hall–Kier alpha value is -1.56. The van der Waals surface area contributed by atoms with E-state index in [1.54, 1.807) is 0 Å². The highest BCUT2D eigenvalue weighted by Gasteiger charge is 2.18. The van der Waals surface area contributed by atoms with Crippen LogP contribution >= 0.6 is 11.3 Å². The summed E-state index contributed by atoms with van der Waals surface area (Å²) in [7, 11) is 1.45. The Labute approximate surface area is 84.2 Å². The normalized spacial score (nSPS) is 13.2. The van der Waals surface area contributed by atoms with Gasteiger partial charge in [0.2, 0.25) is 5.06 Å². The average molecular weight is 212 g/mol. The van der Waals surface area contributed by atoms with Crippen LogP contribution in [-0.4, -0.2) is 29.8 Å². The van der Waals surface area contributed by atoms with Gasteiger partial charge in [0.15, 0.2) is 5.13 Å². The summed E-state index contributed by atoms with van der Waals surface area (Å²) in [5.74, 6) is 0. The lowest BCUT2D eigenvalue weighted by atomic mass is 10.4. The topological polar surface area (TPSA) is 62.7 Å². The van der Waals surface area contributed by atoms with Crippen LogP contribution in [0, 0.1) is 0 Å². The van der Waals surface area contributed by atoms with E-state index >= 15 is 0 Å². The number of fused-ring (bicyclic) bond motifs is 1. The number of hydrogen-bond donors (Lipinski definition) is 1. The lowest BCUT2D eigenvalue weighted by Gasteiger charge is -2.06. The first-order chi connectivity index (χ1) is 6.68. The van der Waals surface area contributed by atoms with Crippen LogP contribution < -0.4 is 9.64 Å². The number of rotatable bonds is 1. The molecule has 0 radical (unpaired) electrons. The molecule has 0 unspecified atom stereocenters. The van der Waals surface area contributed by atoms with E-state index in [0.717, 1.165) is 4.90 Å². The molecule has 6 heteroatoms. The third kappa shape index (κ3) is 1.44. The summed E-state index contributed by atoms with van der Waals surface area (Å²) < 4.78 is 5.28. The summed E-state index contributed by atoms with van der Waals surface area (Å²) >= 11 is 1.23. The van der Waals surface area contributed by atoms with Crippen LogP contribution in [0.5, 0.6) is 5.06 Å². The van der Waals surface area contributed by atoms with Gasteiger partial charge in [-0.05, 0) is 12.2 Å². The van der Waals surface area contributed by atoms with E-state index in [0.29, 0.717) is 22.5 Å². The van der Waals surface area contributed by atoms with E-state index in [-0.39, 0.29) is 0 Å². The monoisotopic (exact) mass is 212 g/mol. The van der Waals surface area contributed by atoms with Gasteiger partial charge in [0.1, 0.15) is 12.3 Å². The number of carboxylic acid groups (broad SMARTS) is 1. The lowest BCUT2D eigenvalue weighted by Crippen LogP contribution is -2.23. The molecule has 0 saturated heterocycles. The maximum absolute atomic E-state index is 10.6. The fourth-order valence-corrected chi connectivity index (χ4v) is 1.89. The number of aromatic nitrogens is 1. The molecule has 0 aromatic carbocycles. The van der Waals surface area contributed by atoms with E-state index in [9.17, 15) is 4.79 Å². The zero-order valence-corrected chi connectivity index (χ0v) is 8.24. The van der Waals surface area contributed by atoms with Crippen molar-refractivity contribution in [2.24, 2.45) is 0 Å². The molecule has 0 fully saturated rings. The van der Waals surface area contributed by atoms with Gasteiger partial charge in [0.05, 0.1) is 0 Å². The fraction of sp³-hybridized carbons (Fsp3) is 0.250. The number of amides is 1. The Balaban J connectivity index is 2.33. The van der Waals surface area contributed by atoms with Crippen molar-refractivity contribution >= 4 is 28.6 Å². The van der Waals surface area contributed by atoms with Gasteiger partial charge in [0.25, 0.3) is 0 Å². The molecule has 74 valence electrons. The molecule has 0 aliphatic carbocycles. The van der Waals surface area contributed by atoms with Crippen LogP contribution in [0.4, 0.5) is 9.93 Å². The SMILES string of the molecule is CN(C(=O)O)c1nc2c(s1)OCC=C2. The molecule has 0 saturated carbocycles. The van der Waals surface area contributed by atoms with E-state index < -0.39 is 6.09 Å². The van der Waals surface area contributed by atoms with Crippen molar-refractivity contribution in [2.75, 3.05) is 18.6 Å². The minimum absolute atomic E-state index is 0.425. The second-order valence-electron chi connectivity index (χ2n) is 2.72. The number of hydrogen-bond acceptors (Lipinski definition) is 4. The number of ether oxygens (including phenoxy) is 1. The molecular formula is C8H8N2O3S. The Kier molecular flexibility index (Phi) is 2.12. The van der Waals surface area contributed by atoms with E-state index in [1.165, 1.54) is 18.4 Å². The average Bonchev–Trinajstić information content (AvgIpc) is 2.59. The van der Waals surface area contributed by atoms with Crippen LogP contribution in [0.25, 0.3) is 6.08 Å². The standard InChI is InChI=1S/C8H8N2O3S/c1-10(8(11)12)7-9-5-3-2-4-13-6(5)14-7/h2-3H,4H2,1H3,(H,11,12). The quantitative estimate of drug-likeness (QED) is 0.769. The second-order valence-corrected chi connectivity index (χ2v) is 3.66. The second kappa shape index (κ2) is 3.30. The number of nitrogens with zero attached hydrogens (tertiary/aromatic N) is 2. The van der Waals surface area contributed by atoms with Crippen LogP contribution in [0.15, 0.2) is 6.08 Å². The van der Waals surface area contributed by atoms with Crippen molar-refractivity contribution < 1.29 is 14.6 Å². The molecule has 1 aromatic heterocycles. The molecule has 5 nitrogen and oxygen atoms in total. The first-order valence-electron chi connectivity index (χ1n) is 3.95. The van der Waals surface area contributed by atoms with E-state index in [4.69, 9.17) is 9.84 Å². The Morgan fingerprint density at radius 3 is 3.21 bits per heavy atom. The first kappa shape index (κ1) is 9.01. The van der Waals surface area contributed by atoms with Gasteiger partial charge in [-0.3, -0.25) is 4.90 Å². The van der Waals surface area contributed by atoms with Gasteiger partial charge in [-0.2, -0.15) is 0 Å². The number of anilines is 1. The minimum atomic E-state index is -1.03. The van der Waals surface area contributed by atoms with Gasteiger partial charge in [-0.1, -0.05) is 11.3 Å². The predicted octanol–water partition coefficient (Wildman–Crippen LogP) is 1.66. The number of thiazole rings is 1. The molecule has 2 heterocycles. The van der Waals surface area contributed by atoms with Crippen LogP contribution in [0.3, 0.4) is 0 Å². The Bertz CT molecular complexity index is 399. The largest absolute Gasteiger partial charge is 0.478 e. The minimum Gasteiger partial charge on any atom is -0.478 e. The Morgan fingerprint density at radius 2 is 2.57 bits per heavy atom. The molecule has 1 aliphatic heterocycles. The molecule has 1 aliphatic rings. The molecule has 0 spiro atoms. The molecule has 14 heavy (non-hydrogen) atoms. The Morgan fingerprint density at radius 1 is 1.79 bits per heavy atom. The smallest absolute Gasteiger partial charge is 0.413 e. The van der Waals surface area contributed by atoms with Crippen molar-refractivity contribution in [1.29, 1.82) is 0 Å². The summed E-state index contributed by atoms with van der Waals surface area (Å²) in [5, 5.41) is 9.83. The number of carbonyl (C=O) groups is 1. The molecule has 1 N–H and O–H groups in total. The highest BCUT2D eigenvalue weighted by Crippen LogP contribution is 2.35. The van der Waals surface area contributed by atoms with E-state index in [2.05, 4.69) is 4.98 Å². The lowest BCUT2D eigenvalue weighted by molar-refractivity contribution is 0.203. The van der Waals surface area contributed by atoms with Gasteiger partial charge >= 0.3 is 6.09 Å². The predicted molar refractivity (Wildman–Crippen MR) is 53.1 cm³/mol. The van der Waals surface area contributed by atoms with Crippen LogP contribution in [0.2, 0.25) is 0 Å². The van der Waals surface area contributed by atoms with Crippen molar-refractivity contribution in [3.05, 3.63) is 11.8 Å². The highest BCUT2D eigenvalue weighted by atomic mass is 32.1. The molecule has 1 aromatic rings. The summed E-state index contributed by atoms with van der Waals surface area (Å²) in [5.41, 5.74) is 0.698. The zero-order chi connectivity index (χ0) is 10.1. The highest BCUT2D eigenvalue weighted by molar-refractivity contribution is 7.17. The summed E-state index contributed by atoms with van der Waals surface area (Å²) in [6.07, 6.45) is 2.64. The van der Waals surface area contributed by atoms with E-state index in [1.807, 2.05) is 12.2 Å². The van der Waals surface area contributed by atoms with Crippen LogP contribution in [0.1, 0.15) is 5.69 Å². The molecule has 0 bridgehead atoms. The van der Waals surface area contributed by atoms with Gasteiger partial charge in [-0.15, -0.1) is 0 Å². The van der Waals surface area contributed by atoms with Crippen molar-refractivity contribution in [3.8, 4) is 5.06 Å². The van der Waals surface area contributed by atoms with Crippen molar-refractivity contribution in [3.63, 3.8) is 0 Å². The molecular weight excluding hydrogens is 204 g/mol. The maximum Gasteiger partial charge on any atom is 0.413 e. The first-order valence-corrected chi connectivity index (χ1v) is 4.77. The zero-order valence-electron chi connectivity index (χ0n) is 7.43. The summed E-state index contributed by atoms with van der Waals surface area (Å²) in [6, 6.07) is 0. The summed E-state index contributed by atoms with van der Waals surface area (Å²) in [4.78, 5) is 15.8. The maximum atomic E-state index is 10.6. The van der Waals surface area contributed by atoms with Gasteiger partial charge in [0, 0.05) is 7.05 Å². The van der Waals surface area contributed by atoms with Crippen LogP contribution in [-0.2, 0) is 0 Å². The fourth-order valence-electron chi connectivity index (χ4n) is 1.02. The van der Waals surface area contributed by atoms with Gasteiger partial charge < -0.3 is 9.84 Å².